The van der Waals surface area contributed by atoms with Crippen LogP contribution in [0.1, 0.15) is 33.3 Å². The van der Waals surface area contributed by atoms with E-state index in [0.717, 1.165) is 11.3 Å². The lowest BCUT2D eigenvalue weighted by Gasteiger charge is -2.18. The van der Waals surface area contributed by atoms with E-state index in [1.54, 1.807) is 12.4 Å². The van der Waals surface area contributed by atoms with Gasteiger partial charge in [0.2, 0.25) is 0 Å². The summed E-state index contributed by atoms with van der Waals surface area (Å²) < 4.78 is 15.6. The van der Waals surface area contributed by atoms with Crippen LogP contribution in [-0.4, -0.2) is 20.0 Å². The van der Waals surface area contributed by atoms with E-state index in [1.165, 1.54) is 0 Å². The molecule has 0 aliphatic carbocycles. The summed E-state index contributed by atoms with van der Waals surface area (Å²) in [7, 11) is 0. The van der Waals surface area contributed by atoms with E-state index in [1.807, 2.05) is 39.8 Å². The van der Waals surface area contributed by atoms with E-state index in [2.05, 4.69) is 9.38 Å². The number of hydrogen-bond acceptors (Lipinski definition) is 3. The summed E-state index contributed by atoms with van der Waals surface area (Å²) >= 11 is -1.20. The van der Waals surface area contributed by atoms with Crippen LogP contribution < -0.4 is 0 Å². The Kier molecular flexibility index (Phi) is 3.88. The van der Waals surface area contributed by atoms with Crippen LogP contribution in [0.25, 0.3) is 0 Å². The topological polar surface area (TPSA) is 48.3 Å². The smallest absolute Gasteiger partial charge is 0.144 e. The maximum absolute atomic E-state index is 11.8. The number of hydrogen-bond donors (Lipinski definition) is 0. The van der Waals surface area contributed by atoms with E-state index < -0.39 is 11.4 Å². The molecule has 1 rings (SSSR count). The second-order valence-electron chi connectivity index (χ2n) is 4.27. The van der Waals surface area contributed by atoms with Gasteiger partial charge in [-0.15, -0.1) is 0 Å². The summed E-state index contributed by atoms with van der Waals surface area (Å²) in [6.45, 7) is 7.59. The van der Waals surface area contributed by atoms with Crippen LogP contribution in [-0.2, 0) is 11.4 Å². The summed E-state index contributed by atoms with van der Waals surface area (Å²) in [5, 5.41) is 0. The third kappa shape index (κ3) is 3.64. The molecule has 1 atom stereocenters. The van der Waals surface area contributed by atoms with Gasteiger partial charge < -0.3 is 4.55 Å². The number of pyridine rings is 1. The molecule has 0 bridgehead atoms. The standard InChI is InChI=1S/C11H16N2OS/c1-9(10-5-7-12-8-6-10)13-15(14)11(2,3)4/h5-8H,1-4H3. The van der Waals surface area contributed by atoms with Gasteiger partial charge in [-0.25, -0.2) is 0 Å². The molecule has 1 heterocycles. The minimum Gasteiger partial charge on any atom is -0.591 e. The fourth-order valence-corrected chi connectivity index (χ4v) is 1.54. The highest BCUT2D eigenvalue weighted by atomic mass is 32.2. The van der Waals surface area contributed by atoms with Crippen molar-refractivity contribution in [3.05, 3.63) is 30.1 Å². The van der Waals surface area contributed by atoms with Crippen molar-refractivity contribution in [2.24, 2.45) is 4.40 Å². The first kappa shape index (κ1) is 12.2. The van der Waals surface area contributed by atoms with Gasteiger partial charge in [-0.1, -0.05) is 4.40 Å². The third-order valence-electron chi connectivity index (χ3n) is 1.84. The predicted molar refractivity (Wildman–Crippen MR) is 64.3 cm³/mol. The molecule has 0 fully saturated rings. The van der Waals surface area contributed by atoms with E-state index in [4.69, 9.17) is 0 Å². The van der Waals surface area contributed by atoms with Crippen molar-refractivity contribution in [1.29, 1.82) is 0 Å². The Morgan fingerprint density at radius 2 is 1.87 bits per heavy atom. The van der Waals surface area contributed by atoms with Gasteiger partial charge in [0.05, 0.1) is 5.71 Å². The zero-order chi connectivity index (χ0) is 11.5. The average Bonchev–Trinajstić information content (AvgIpc) is 2.17. The van der Waals surface area contributed by atoms with Gasteiger partial charge >= 0.3 is 0 Å². The first-order valence-electron chi connectivity index (χ1n) is 4.79. The molecule has 0 aliphatic heterocycles. The SMILES string of the molecule is CC(=N[S+]([O-])C(C)(C)C)c1ccncc1. The van der Waals surface area contributed by atoms with Gasteiger partial charge in [-0.3, -0.25) is 4.98 Å². The predicted octanol–water partition coefficient (Wildman–Crippen LogP) is 2.35. The minimum atomic E-state index is -1.20. The second kappa shape index (κ2) is 4.77. The molecular weight excluding hydrogens is 208 g/mol. The van der Waals surface area contributed by atoms with Gasteiger partial charge in [0.1, 0.15) is 16.1 Å². The summed E-state index contributed by atoms with van der Waals surface area (Å²) in [5.41, 5.74) is 1.74. The van der Waals surface area contributed by atoms with Crippen molar-refractivity contribution in [1.82, 2.24) is 4.98 Å². The Hall–Kier alpha value is -0.870. The maximum atomic E-state index is 11.8. The van der Waals surface area contributed by atoms with Gasteiger partial charge in [0.15, 0.2) is 0 Å². The first-order chi connectivity index (χ1) is 6.91. The van der Waals surface area contributed by atoms with E-state index in [0.29, 0.717) is 0 Å². The molecule has 0 aliphatic rings. The lowest BCUT2D eigenvalue weighted by atomic mass is 10.2. The van der Waals surface area contributed by atoms with Crippen molar-refractivity contribution >= 4 is 17.1 Å². The van der Waals surface area contributed by atoms with Crippen LogP contribution in [0.5, 0.6) is 0 Å². The third-order valence-corrected chi connectivity index (χ3v) is 3.33. The molecule has 0 radical (unpaired) electrons. The van der Waals surface area contributed by atoms with Crippen LogP contribution >= 0.6 is 0 Å². The fourth-order valence-electron chi connectivity index (χ4n) is 0.907. The summed E-state index contributed by atoms with van der Waals surface area (Å²) in [5.74, 6) is 0. The molecule has 0 N–H and O–H groups in total. The Morgan fingerprint density at radius 1 is 1.33 bits per heavy atom. The van der Waals surface area contributed by atoms with Gasteiger partial charge in [-0.2, -0.15) is 0 Å². The molecule has 0 saturated carbocycles. The second-order valence-corrected chi connectivity index (χ2v) is 6.18. The Bertz CT molecular complexity index is 343. The van der Waals surface area contributed by atoms with Crippen LogP contribution in [0.2, 0.25) is 0 Å². The van der Waals surface area contributed by atoms with Crippen molar-refractivity contribution < 1.29 is 4.55 Å². The monoisotopic (exact) mass is 224 g/mol. The van der Waals surface area contributed by atoms with Crippen LogP contribution in [0.15, 0.2) is 28.9 Å². The molecule has 0 spiro atoms. The zero-order valence-electron chi connectivity index (χ0n) is 9.52. The Labute approximate surface area is 94.0 Å². The molecule has 1 unspecified atom stereocenters. The minimum absolute atomic E-state index is 0.311. The fraction of sp³-hybridized carbons (Fsp3) is 0.455. The van der Waals surface area contributed by atoms with Crippen molar-refractivity contribution in [3.63, 3.8) is 0 Å². The molecule has 0 amide bonds. The van der Waals surface area contributed by atoms with Gasteiger partial charge in [-0.05, 0) is 39.8 Å². The number of aromatic nitrogens is 1. The molecule has 15 heavy (non-hydrogen) atoms. The Balaban J connectivity index is 2.86. The number of rotatable bonds is 2. The molecule has 1 aromatic heterocycles. The van der Waals surface area contributed by atoms with E-state index >= 15 is 0 Å². The van der Waals surface area contributed by atoms with Gasteiger partial charge in [0.25, 0.3) is 0 Å². The molecule has 4 heteroatoms. The van der Waals surface area contributed by atoms with Crippen molar-refractivity contribution in [2.45, 2.75) is 32.4 Å². The molecular formula is C11H16N2OS. The largest absolute Gasteiger partial charge is 0.591 e. The van der Waals surface area contributed by atoms with E-state index in [9.17, 15) is 4.55 Å². The normalized spacial score (nSPS) is 15.1. The summed E-state index contributed by atoms with van der Waals surface area (Å²) in [6.07, 6.45) is 3.41. The van der Waals surface area contributed by atoms with Crippen molar-refractivity contribution in [3.8, 4) is 0 Å². The molecule has 0 aromatic carbocycles. The highest BCUT2D eigenvalue weighted by Gasteiger charge is 2.26. The van der Waals surface area contributed by atoms with Crippen LogP contribution in [0.4, 0.5) is 0 Å². The summed E-state index contributed by atoms with van der Waals surface area (Å²) in [6, 6.07) is 3.72. The van der Waals surface area contributed by atoms with E-state index in [-0.39, 0.29) is 4.75 Å². The molecule has 3 nitrogen and oxygen atoms in total. The maximum Gasteiger partial charge on any atom is 0.144 e. The van der Waals surface area contributed by atoms with Gasteiger partial charge in [0, 0.05) is 18.0 Å². The molecule has 82 valence electrons. The summed E-state index contributed by atoms with van der Waals surface area (Å²) in [4.78, 5) is 3.92. The van der Waals surface area contributed by atoms with Crippen molar-refractivity contribution in [2.75, 3.05) is 0 Å². The molecule has 1 aromatic rings. The Morgan fingerprint density at radius 3 is 2.33 bits per heavy atom. The van der Waals surface area contributed by atoms with Crippen LogP contribution in [0.3, 0.4) is 0 Å². The highest BCUT2D eigenvalue weighted by molar-refractivity contribution is 7.91. The highest BCUT2D eigenvalue weighted by Crippen LogP contribution is 2.18. The zero-order valence-corrected chi connectivity index (χ0v) is 10.3. The number of nitrogens with zero attached hydrogens (tertiary/aromatic N) is 2. The first-order valence-corrected chi connectivity index (χ1v) is 5.89. The average molecular weight is 224 g/mol. The molecule has 0 saturated heterocycles. The van der Waals surface area contributed by atoms with Crippen LogP contribution in [0, 0.1) is 0 Å². The quantitative estimate of drug-likeness (QED) is 0.572. The lowest BCUT2D eigenvalue weighted by Crippen LogP contribution is -2.26. The lowest BCUT2D eigenvalue weighted by molar-refractivity contribution is 0.561.